The van der Waals surface area contributed by atoms with Crippen LogP contribution >= 0.6 is 11.6 Å². The summed E-state index contributed by atoms with van der Waals surface area (Å²) in [7, 11) is 1.43. The zero-order valence-electron chi connectivity index (χ0n) is 30.6. The number of ether oxygens (including phenoxy) is 2. The SMILES string of the molecule is CC#N.COc1nc(N2CCN(C(=O)/C=C/CN3CCOCC3)CC2)c2cnc(-c3nc(N)cc4cccc(Cl)c34)c(F)c2n1.FC1CC2CCCN2C1. The Balaban J connectivity index is 0.000000352. The number of amides is 1. The van der Waals surface area contributed by atoms with Crippen LogP contribution < -0.4 is 15.4 Å². The number of rotatable bonds is 6. The molecular weight excluding hydrogens is 718 g/mol. The van der Waals surface area contributed by atoms with Gasteiger partial charge in [-0.15, -0.1) is 0 Å². The van der Waals surface area contributed by atoms with Crippen molar-refractivity contribution >= 4 is 50.8 Å². The number of methoxy groups -OCH3 is 1. The lowest BCUT2D eigenvalue weighted by Crippen LogP contribution is -2.48. The Hall–Kier alpha value is -4.75. The highest BCUT2D eigenvalue weighted by Crippen LogP contribution is 2.37. The van der Waals surface area contributed by atoms with Crippen molar-refractivity contribution in [2.24, 2.45) is 0 Å². The van der Waals surface area contributed by atoms with Crippen LogP contribution in [0.25, 0.3) is 33.1 Å². The highest BCUT2D eigenvalue weighted by molar-refractivity contribution is 6.36. The lowest BCUT2D eigenvalue weighted by atomic mass is 10.1. The molecule has 4 saturated heterocycles. The second kappa shape index (κ2) is 18.1. The van der Waals surface area contributed by atoms with Crippen molar-refractivity contribution in [1.82, 2.24) is 34.6 Å². The van der Waals surface area contributed by atoms with E-state index in [9.17, 15) is 9.18 Å². The number of pyridine rings is 2. The van der Waals surface area contributed by atoms with Crippen molar-refractivity contribution in [3.63, 3.8) is 0 Å². The van der Waals surface area contributed by atoms with E-state index >= 15 is 4.39 Å². The zero-order valence-corrected chi connectivity index (χ0v) is 31.3. The van der Waals surface area contributed by atoms with Gasteiger partial charge in [0.1, 0.15) is 34.7 Å². The van der Waals surface area contributed by atoms with Crippen molar-refractivity contribution < 1.29 is 23.0 Å². The number of fused-ring (bicyclic) bond motifs is 3. The predicted octanol–water partition coefficient (Wildman–Crippen LogP) is 4.88. The van der Waals surface area contributed by atoms with Crippen LogP contribution in [0.5, 0.6) is 6.01 Å². The third-order valence-electron chi connectivity index (χ3n) is 9.96. The van der Waals surface area contributed by atoms with Gasteiger partial charge in [-0.05, 0) is 43.3 Å². The maximum Gasteiger partial charge on any atom is 0.318 e. The molecule has 0 spiro atoms. The molecule has 0 aliphatic carbocycles. The van der Waals surface area contributed by atoms with Crippen molar-refractivity contribution in [2.45, 2.75) is 38.4 Å². The molecule has 4 aliphatic rings. The minimum Gasteiger partial charge on any atom is -0.467 e. The number of aromatic nitrogens is 4. The first-order valence-corrected chi connectivity index (χ1v) is 18.5. The van der Waals surface area contributed by atoms with Gasteiger partial charge in [0, 0.05) is 83.0 Å². The maximum atomic E-state index is 16.2. The van der Waals surface area contributed by atoms with Crippen LogP contribution in [0.4, 0.5) is 20.4 Å². The van der Waals surface area contributed by atoms with E-state index in [1.165, 1.54) is 33.1 Å². The number of carbonyl (C=O) groups excluding carboxylic acids is 1. The van der Waals surface area contributed by atoms with Crippen LogP contribution in [0.15, 0.2) is 42.6 Å². The van der Waals surface area contributed by atoms with E-state index in [4.69, 9.17) is 32.1 Å². The van der Waals surface area contributed by atoms with E-state index in [0.717, 1.165) is 51.2 Å². The first-order valence-electron chi connectivity index (χ1n) is 18.2. The smallest absolute Gasteiger partial charge is 0.318 e. The third-order valence-corrected chi connectivity index (χ3v) is 10.3. The summed E-state index contributed by atoms with van der Waals surface area (Å²) >= 11 is 6.48. The Morgan fingerprint density at radius 3 is 2.61 bits per heavy atom. The largest absolute Gasteiger partial charge is 0.467 e. The number of nitriles is 1. The number of anilines is 2. The molecule has 2 N–H and O–H groups in total. The van der Waals surface area contributed by atoms with Crippen LogP contribution in [0.2, 0.25) is 5.02 Å². The van der Waals surface area contributed by atoms with Gasteiger partial charge in [-0.1, -0.05) is 29.8 Å². The second-order valence-electron chi connectivity index (χ2n) is 13.4. The van der Waals surface area contributed by atoms with Crippen molar-refractivity contribution in [2.75, 3.05) is 89.9 Å². The standard InChI is InChI=1S/C29H30ClFN8O3.C7H12FN.C2H3N/c1-41-29-35-25-19(17-33-27(24(25)31)26-23-18(16-21(32)34-26)4-2-5-20(23)30)28(36-29)39-10-8-38(9-11-39)22(40)6-3-7-37-12-14-42-15-13-37;8-6-4-7-2-1-3-9(7)5-6;1-2-3/h2-6,16-17H,7-15H2,1H3,(H2,32,34);6-7H,1-5H2;1H3/b6-3+;;. The van der Waals surface area contributed by atoms with Gasteiger partial charge in [-0.2, -0.15) is 15.2 Å². The average molecular weight is 763 g/mol. The molecule has 2 atom stereocenters. The number of halogens is 3. The van der Waals surface area contributed by atoms with Crippen LogP contribution in [0, 0.1) is 17.1 Å². The molecule has 4 fully saturated rings. The lowest BCUT2D eigenvalue weighted by Gasteiger charge is -2.35. The number of nitrogens with two attached hydrogens (primary N) is 1. The Morgan fingerprint density at radius 1 is 1.13 bits per heavy atom. The van der Waals surface area contributed by atoms with Crippen LogP contribution in [0.1, 0.15) is 26.2 Å². The zero-order chi connectivity index (χ0) is 38.2. The van der Waals surface area contributed by atoms with Crippen molar-refractivity contribution in [1.29, 1.82) is 5.26 Å². The van der Waals surface area contributed by atoms with E-state index in [-0.39, 0.29) is 34.6 Å². The monoisotopic (exact) mass is 762 g/mol. The number of hydrogen-bond acceptors (Lipinski definition) is 12. The molecule has 1 amide bonds. The van der Waals surface area contributed by atoms with E-state index in [0.29, 0.717) is 60.4 Å². The molecule has 2 unspecified atom stereocenters. The first kappa shape index (κ1) is 39.0. The van der Waals surface area contributed by atoms with Gasteiger partial charge in [-0.3, -0.25) is 19.6 Å². The normalized spacial score (nSPS) is 20.3. The number of carbonyl (C=O) groups is 1. The van der Waals surface area contributed by atoms with E-state index in [2.05, 4.69) is 29.7 Å². The number of hydrogen-bond donors (Lipinski definition) is 1. The summed E-state index contributed by atoms with van der Waals surface area (Å²) in [5, 5.41) is 9.40. The highest BCUT2D eigenvalue weighted by Gasteiger charge is 2.34. The number of piperazine rings is 1. The first-order chi connectivity index (χ1) is 26.2. The molecule has 0 radical (unpaired) electrons. The van der Waals surface area contributed by atoms with E-state index in [1.807, 2.05) is 17.0 Å². The number of morpholine rings is 1. The predicted molar refractivity (Wildman–Crippen MR) is 205 cm³/mol. The Labute approximate surface area is 318 Å². The summed E-state index contributed by atoms with van der Waals surface area (Å²) in [4.78, 5) is 38.8. The number of nitrogen functional groups attached to an aromatic ring is 1. The summed E-state index contributed by atoms with van der Waals surface area (Å²) in [5.41, 5.74) is 6.27. The van der Waals surface area contributed by atoms with Crippen LogP contribution in [0.3, 0.4) is 0 Å². The quantitative estimate of drug-likeness (QED) is 0.267. The lowest BCUT2D eigenvalue weighted by molar-refractivity contribution is -0.126. The Kier molecular flexibility index (Phi) is 13.0. The molecule has 54 heavy (non-hydrogen) atoms. The molecular formula is C38H45ClF2N10O3. The summed E-state index contributed by atoms with van der Waals surface area (Å²) < 4.78 is 39.5. The van der Waals surface area contributed by atoms with Crippen molar-refractivity contribution in [3.8, 4) is 23.5 Å². The molecule has 4 aliphatic heterocycles. The summed E-state index contributed by atoms with van der Waals surface area (Å²) in [6, 6.07) is 9.38. The van der Waals surface area contributed by atoms with Crippen LogP contribution in [-0.2, 0) is 9.53 Å². The van der Waals surface area contributed by atoms with Crippen LogP contribution in [-0.4, -0.2) is 132 Å². The molecule has 8 rings (SSSR count). The van der Waals surface area contributed by atoms with Crippen molar-refractivity contribution in [3.05, 3.63) is 53.5 Å². The Bertz CT molecular complexity index is 2010. The minimum atomic E-state index is -0.687. The fourth-order valence-corrected chi connectivity index (χ4v) is 7.61. The highest BCUT2D eigenvalue weighted by atomic mass is 35.5. The maximum absolute atomic E-state index is 16.2. The second-order valence-corrected chi connectivity index (χ2v) is 13.8. The Morgan fingerprint density at radius 2 is 1.89 bits per heavy atom. The molecule has 0 bridgehead atoms. The molecule has 7 heterocycles. The summed E-state index contributed by atoms with van der Waals surface area (Å²) in [6.07, 6.45) is 7.88. The topological polar surface area (TPSA) is 150 Å². The molecule has 16 heteroatoms. The molecule has 1 aromatic carbocycles. The van der Waals surface area contributed by atoms with Gasteiger partial charge in [0.15, 0.2) is 5.82 Å². The number of alkyl halides is 1. The van der Waals surface area contributed by atoms with E-state index < -0.39 is 12.0 Å². The molecule has 13 nitrogen and oxygen atoms in total. The van der Waals surface area contributed by atoms with Gasteiger partial charge >= 0.3 is 6.01 Å². The summed E-state index contributed by atoms with van der Waals surface area (Å²) in [5.74, 6) is -0.0301. The van der Waals surface area contributed by atoms with Gasteiger partial charge in [0.05, 0.1) is 36.8 Å². The van der Waals surface area contributed by atoms with Gasteiger partial charge < -0.3 is 25.0 Å². The fourth-order valence-electron chi connectivity index (χ4n) is 7.34. The molecule has 3 aromatic heterocycles. The van der Waals surface area contributed by atoms with Gasteiger partial charge in [-0.25, -0.2) is 13.8 Å². The fraction of sp³-hybridized carbons (Fsp3) is 0.474. The van der Waals surface area contributed by atoms with Gasteiger partial charge in [0.2, 0.25) is 5.91 Å². The molecule has 286 valence electrons. The molecule has 0 saturated carbocycles. The van der Waals surface area contributed by atoms with Gasteiger partial charge in [0.25, 0.3) is 0 Å². The average Bonchev–Trinajstić information content (AvgIpc) is 3.76. The number of nitrogens with zero attached hydrogens (tertiary/aromatic N) is 9. The summed E-state index contributed by atoms with van der Waals surface area (Å²) in [6.45, 7) is 9.14. The van der Waals surface area contributed by atoms with E-state index in [1.54, 1.807) is 35.2 Å². The third kappa shape index (κ3) is 8.95. The minimum absolute atomic E-state index is 0.0153. The number of benzene rings is 1. The molecule has 4 aromatic rings.